The second kappa shape index (κ2) is 5.02. The first-order valence-corrected chi connectivity index (χ1v) is 8.05. The zero-order chi connectivity index (χ0) is 14.2. The van der Waals surface area contributed by atoms with Gasteiger partial charge in [-0.25, -0.2) is 13.6 Å². The van der Waals surface area contributed by atoms with Gasteiger partial charge in [0.25, 0.3) is 0 Å². The topological polar surface area (TPSA) is 89.4 Å². The average molecular weight is 283 g/mol. The monoisotopic (exact) mass is 283 g/mol. The first-order chi connectivity index (χ1) is 8.82. The van der Waals surface area contributed by atoms with Crippen molar-refractivity contribution in [2.75, 3.05) is 23.7 Å². The molecular formula is C13H21N3O2S. The third-order valence-corrected chi connectivity index (χ3v) is 4.90. The van der Waals surface area contributed by atoms with Crippen molar-refractivity contribution < 1.29 is 8.42 Å². The van der Waals surface area contributed by atoms with Gasteiger partial charge >= 0.3 is 0 Å². The van der Waals surface area contributed by atoms with Crippen LogP contribution in [-0.2, 0) is 10.0 Å². The standard InChI is InChI=1S/C13H21N3O2S/c1-3-10-4-5-16(8-10)12-6-11(14)7-13(9(12)2)19(15,17)18/h6-7,10H,3-5,8,14H2,1-2H3,(H2,15,17,18). The summed E-state index contributed by atoms with van der Waals surface area (Å²) in [5.74, 6) is 0.666. The van der Waals surface area contributed by atoms with Gasteiger partial charge in [-0.15, -0.1) is 0 Å². The minimum atomic E-state index is -3.73. The fraction of sp³-hybridized carbons (Fsp3) is 0.538. The number of nitrogens with two attached hydrogens (primary N) is 2. The summed E-state index contributed by atoms with van der Waals surface area (Å²) < 4.78 is 23.2. The summed E-state index contributed by atoms with van der Waals surface area (Å²) in [7, 11) is -3.73. The van der Waals surface area contributed by atoms with Crippen molar-refractivity contribution in [2.45, 2.75) is 31.6 Å². The van der Waals surface area contributed by atoms with Gasteiger partial charge in [-0.1, -0.05) is 13.3 Å². The minimum Gasteiger partial charge on any atom is -0.399 e. The van der Waals surface area contributed by atoms with Crippen LogP contribution in [0.5, 0.6) is 0 Å². The van der Waals surface area contributed by atoms with Crippen LogP contribution in [0.4, 0.5) is 11.4 Å². The van der Waals surface area contributed by atoms with E-state index in [-0.39, 0.29) is 4.90 Å². The number of anilines is 2. The summed E-state index contributed by atoms with van der Waals surface area (Å²) in [6.07, 6.45) is 2.27. The summed E-state index contributed by atoms with van der Waals surface area (Å²) in [6, 6.07) is 3.27. The van der Waals surface area contributed by atoms with Crippen LogP contribution in [0.25, 0.3) is 0 Å². The van der Waals surface area contributed by atoms with E-state index in [1.807, 2.05) is 6.07 Å². The zero-order valence-corrected chi connectivity index (χ0v) is 12.2. The first kappa shape index (κ1) is 14.1. The molecule has 0 spiro atoms. The van der Waals surface area contributed by atoms with Crippen molar-refractivity contribution in [3.05, 3.63) is 17.7 Å². The molecule has 1 aliphatic rings. The lowest BCUT2D eigenvalue weighted by Gasteiger charge is -2.22. The molecule has 0 saturated carbocycles. The van der Waals surface area contributed by atoms with Gasteiger partial charge in [-0.2, -0.15) is 0 Å². The van der Waals surface area contributed by atoms with Crippen LogP contribution in [0.1, 0.15) is 25.3 Å². The molecule has 2 rings (SSSR count). The van der Waals surface area contributed by atoms with Crippen molar-refractivity contribution in [1.29, 1.82) is 0 Å². The summed E-state index contributed by atoms with van der Waals surface area (Å²) in [5.41, 5.74) is 7.83. The van der Waals surface area contributed by atoms with Crippen LogP contribution in [-0.4, -0.2) is 21.5 Å². The number of primary sulfonamides is 1. The predicted molar refractivity (Wildman–Crippen MR) is 77.6 cm³/mol. The van der Waals surface area contributed by atoms with Crippen LogP contribution < -0.4 is 15.8 Å². The fourth-order valence-corrected chi connectivity index (χ4v) is 3.53. The molecule has 0 amide bonds. The number of nitrogen functional groups attached to an aromatic ring is 1. The summed E-state index contributed by atoms with van der Waals surface area (Å²) >= 11 is 0. The molecule has 0 bridgehead atoms. The van der Waals surface area contributed by atoms with Crippen LogP contribution >= 0.6 is 0 Å². The number of hydrogen-bond acceptors (Lipinski definition) is 4. The summed E-state index contributed by atoms with van der Waals surface area (Å²) in [5, 5.41) is 5.25. The van der Waals surface area contributed by atoms with Gasteiger partial charge < -0.3 is 10.6 Å². The molecule has 0 aromatic heterocycles. The molecule has 19 heavy (non-hydrogen) atoms. The Labute approximate surface area is 114 Å². The highest BCUT2D eigenvalue weighted by atomic mass is 32.2. The molecule has 5 nitrogen and oxygen atoms in total. The highest BCUT2D eigenvalue weighted by molar-refractivity contribution is 7.89. The zero-order valence-electron chi connectivity index (χ0n) is 11.4. The lowest BCUT2D eigenvalue weighted by molar-refractivity contribution is 0.569. The van der Waals surface area contributed by atoms with Crippen molar-refractivity contribution in [1.82, 2.24) is 0 Å². The molecule has 1 saturated heterocycles. The molecule has 0 radical (unpaired) electrons. The van der Waals surface area contributed by atoms with Gasteiger partial charge in [-0.05, 0) is 37.0 Å². The van der Waals surface area contributed by atoms with E-state index in [2.05, 4.69) is 11.8 Å². The van der Waals surface area contributed by atoms with E-state index in [9.17, 15) is 8.42 Å². The molecule has 0 aliphatic carbocycles. The van der Waals surface area contributed by atoms with E-state index in [1.165, 1.54) is 6.07 Å². The average Bonchev–Trinajstić information content (AvgIpc) is 2.78. The maximum absolute atomic E-state index is 11.6. The SMILES string of the molecule is CCC1CCN(c2cc(N)cc(S(N)(=O)=O)c2C)C1. The van der Waals surface area contributed by atoms with E-state index in [1.54, 1.807) is 6.92 Å². The first-order valence-electron chi connectivity index (χ1n) is 6.50. The Balaban J connectivity index is 2.45. The van der Waals surface area contributed by atoms with Gasteiger partial charge in [0.15, 0.2) is 0 Å². The van der Waals surface area contributed by atoms with Gasteiger partial charge in [0.1, 0.15) is 0 Å². The maximum atomic E-state index is 11.6. The lowest BCUT2D eigenvalue weighted by Crippen LogP contribution is -2.22. The molecule has 1 unspecified atom stereocenters. The number of hydrogen-bond donors (Lipinski definition) is 2. The van der Waals surface area contributed by atoms with E-state index >= 15 is 0 Å². The van der Waals surface area contributed by atoms with Crippen LogP contribution in [0, 0.1) is 12.8 Å². The Morgan fingerprint density at radius 1 is 1.42 bits per heavy atom. The molecule has 6 heteroatoms. The van der Waals surface area contributed by atoms with Crippen molar-refractivity contribution in [3.63, 3.8) is 0 Å². The quantitative estimate of drug-likeness (QED) is 0.822. The molecule has 1 aromatic carbocycles. The smallest absolute Gasteiger partial charge is 0.238 e. The number of sulfonamides is 1. The lowest BCUT2D eigenvalue weighted by atomic mass is 10.1. The molecule has 1 aliphatic heterocycles. The van der Waals surface area contributed by atoms with Gasteiger partial charge in [0, 0.05) is 24.5 Å². The molecule has 1 aromatic rings. The number of benzene rings is 1. The van der Waals surface area contributed by atoms with E-state index in [0.29, 0.717) is 17.2 Å². The molecule has 106 valence electrons. The summed E-state index contributed by atoms with van der Waals surface area (Å²) in [4.78, 5) is 2.33. The Kier molecular flexibility index (Phi) is 3.73. The number of rotatable bonds is 3. The van der Waals surface area contributed by atoms with E-state index < -0.39 is 10.0 Å². The molecule has 1 fully saturated rings. The highest BCUT2D eigenvalue weighted by Crippen LogP contribution is 2.33. The third kappa shape index (κ3) is 2.84. The molecular weight excluding hydrogens is 262 g/mol. The summed E-state index contributed by atoms with van der Waals surface area (Å²) in [6.45, 7) is 5.85. The Bertz CT molecular complexity index is 584. The van der Waals surface area contributed by atoms with E-state index in [0.717, 1.165) is 31.6 Å². The number of nitrogens with zero attached hydrogens (tertiary/aromatic N) is 1. The highest BCUT2D eigenvalue weighted by Gasteiger charge is 2.25. The normalized spacial score (nSPS) is 19.9. The van der Waals surface area contributed by atoms with Crippen molar-refractivity contribution in [2.24, 2.45) is 11.1 Å². The minimum absolute atomic E-state index is 0.127. The fourth-order valence-electron chi connectivity index (χ4n) is 2.70. The van der Waals surface area contributed by atoms with Gasteiger partial charge in [0.2, 0.25) is 10.0 Å². The second-order valence-corrected chi connectivity index (χ2v) is 6.75. The predicted octanol–water partition coefficient (Wildman–Crippen LogP) is 1.46. The third-order valence-electron chi connectivity index (χ3n) is 3.87. The van der Waals surface area contributed by atoms with Gasteiger partial charge in [-0.3, -0.25) is 0 Å². The van der Waals surface area contributed by atoms with Crippen molar-refractivity contribution >= 4 is 21.4 Å². The van der Waals surface area contributed by atoms with Crippen LogP contribution in [0.15, 0.2) is 17.0 Å². The van der Waals surface area contributed by atoms with E-state index in [4.69, 9.17) is 10.9 Å². The largest absolute Gasteiger partial charge is 0.399 e. The van der Waals surface area contributed by atoms with Gasteiger partial charge in [0.05, 0.1) is 4.90 Å². The molecule has 4 N–H and O–H groups in total. The Morgan fingerprint density at radius 2 is 2.11 bits per heavy atom. The van der Waals surface area contributed by atoms with Crippen LogP contribution in [0.2, 0.25) is 0 Å². The second-order valence-electron chi connectivity index (χ2n) is 5.22. The maximum Gasteiger partial charge on any atom is 0.238 e. The Morgan fingerprint density at radius 3 is 2.63 bits per heavy atom. The molecule has 1 heterocycles. The molecule has 1 atom stereocenters. The Hall–Kier alpha value is -1.27. The van der Waals surface area contributed by atoms with Crippen LogP contribution in [0.3, 0.4) is 0 Å². The van der Waals surface area contributed by atoms with Crippen molar-refractivity contribution in [3.8, 4) is 0 Å².